The first kappa shape index (κ1) is 17.5. The van der Waals surface area contributed by atoms with Gasteiger partial charge in [-0.3, -0.25) is 9.59 Å². The Morgan fingerprint density at radius 2 is 1.88 bits per heavy atom. The molecule has 136 valence electrons. The zero-order chi connectivity index (χ0) is 18.2. The van der Waals surface area contributed by atoms with E-state index in [1.165, 1.54) is 6.92 Å². The average Bonchev–Trinajstić information content (AvgIpc) is 2.83. The summed E-state index contributed by atoms with van der Waals surface area (Å²) in [5.74, 6) is 1.04. The number of hydrogen-bond donors (Lipinski definition) is 1. The lowest BCUT2D eigenvalue weighted by Gasteiger charge is -2.57. The van der Waals surface area contributed by atoms with E-state index in [1.54, 1.807) is 6.08 Å². The first-order valence-electron chi connectivity index (χ1n) is 9.49. The number of halogens is 1. The van der Waals surface area contributed by atoms with E-state index in [-0.39, 0.29) is 34.2 Å². The molecule has 4 heteroatoms. The van der Waals surface area contributed by atoms with Gasteiger partial charge in [0, 0.05) is 16.9 Å². The van der Waals surface area contributed by atoms with Crippen LogP contribution in [0.3, 0.4) is 0 Å². The Kier molecular flexibility index (Phi) is 3.70. The van der Waals surface area contributed by atoms with Gasteiger partial charge in [0.25, 0.3) is 0 Å². The summed E-state index contributed by atoms with van der Waals surface area (Å²) in [6.45, 7) is 5.88. The lowest BCUT2D eigenvalue weighted by atomic mass is 9.48. The molecule has 4 aliphatic rings. The van der Waals surface area contributed by atoms with E-state index in [0.29, 0.717) is 23.8 Å². The van der Waals surface area contributed by atoms with Crippen LogP contribution in [0.15, 0.2) is 22.8 Å². The summed E-state index contributed by atoms with van der Waals surface area (Å²) in [6, 6.07) is 0. The van der Waals surface area contributed by atoms with Gasteiger partial charge in [-0.1, -0.05) is 31.5 Å². The van der Waals surface area contributed by atoms with Gasteiger partial charge in [-0.25, -0.2) is 0 Å². The largest absolute Gasteiger partial charge is 0.382 e. The van der Waals surface area contributed by atoms with Crippen LogP contribution >= 0.6 is 11.6 Å². The van der Waals surface area contributed by atoms with Crippen LogP contribution in [-0.2, 0) is 9.59 Å². The standard InChI is InChI=1S/C21H27ClO3/c1-12(23)21(25)9-6-16-14-11-18(22)17-10-13(24)4-7-19(17,2)15(14)5-8-20(16,21)3/h10-11,14-16,25H,4-9H2,1-3H3/t14-,15+,16?,19-,20+,21+/m1/s1. The molecule has 4 rings (SSSR count). The fourth-order valence-corrected chi connectivity index (χ4v) is 7.08. The van der Waals surface area contributed by atoms with Gasteiger partial charge in [-0.2, -0.15) is 0 Å². The van der Waals surface area contributed by atoms with Gasteiger partial charge in [0.1, 0.15) is 5.60 Å². The molecular formula is C21H27ClO3. The van der Waals surface area contributed by atoms with Crippen LogP contribution < -0.4 is 0 Å². The van der Waals surface area contributed by atoms with E-state index in [9.17, 15) is 14.7 Å². The van der Waals surface area contributed by atoms with Gasteiger partial charge in [-0.05, 0) is 73.8 Å². The average molecular weight is 363 g/mol. The molecule has 0 aromatic rings. The minimum Gasteiger partial charge on any atom is -0.382 e. The number of Topliss-reactive ketones (excluding diaryl/α,β-unsaturated/α-hetero) is 1. The van der Waals surface area contributed by atoms with Crippen LogP contribution in [0.25, 0.3) is 0 Å². The molecule has 4 aliphatic carbocycles. The molecule has 0 aromatic carbocycles. The Labute approximate surface area is 154 Å². The van der Waals surface area contributed by atoms with Crippen molar-refractivity contribution in [3.63, 3.8) is 0 Å². The third-order valence-corrected chi connectivity index (χ3v) is 8.62. The molecule has 0 aromatic heterocycles. The highest BCUT2D eigenvalue weighted by Crippen LogP contribution is 2.67. The summed E-state index contributed by atoms with van der Waals surface area (Å²) in [6.07, 6.45) is 8.57. The zero-order valence-corrected chi connectivity index (χ0v) is 16.0. The fraction of sp³-hybridized carbons (Fsp3) is 0.714. The molecule has 1 N–H and O–H groups in total. The highest BCUT2D eigenvalue weighted by Gasteiger charge is 2.65. The van der Waals surface area contributed by atoms with Crippen molar-refractivity contribution in [2.75, 3.05) is 0 Å². The van der Waals surface area contributed by atoms with E-state index in [1.807, 2.05) is 0 Å². The summed E-state index contributed by atoms with van der Waals surface area (Å²) in [5, 5.41) is 11.9. The van der Waals surface area contributed by atoms with Gasteiger partial charge in [0.05, 0.1) is 0 Å². The fourth-order valence-electron chi connectivity index (χ4n) is 6.67. The van der Waals surface area contributed by atoms with E-state index >= 15 is 0 Å². The maximum Gasteiger partial charge on any atom is 0.161 e. The summed E-state index contributed by atoms with van der Waals surface area (Å²) in [4.78, 5) is 24.2. The van der Waals surface area contributed by atoms with Gasteiger partial charge in [0.15, 0.2) is 11.6 Å². The minimum atomic E-state index is -1.21. The predicted octanol–water partition coefficient (Wildman–Crippen LogP) is 4.18. The lowest BCUT2D eigenvalue weighted by molar-refractivity contribution is -0.156. The molecule has 25 heavy (non-hydrogen) atoms. The predicted molar refractivity (Wildman–Crippen MR) is 97.0 cm³/mol. The second-order valence-electron chi connectivity index (χ2n) is 9.16. The Morgan fingerprint density at radius 3 is 2.56 bits per heavy atom. The number of carbonyl (C=O) groups excluding carboxylic acids is 2. The smallest absolute Gasteiger partial charge is 0.161 e. The molecule has 0 spiro atoms. The van der Waals surface area contributed by atoms with Crippen LogP contribution in [-0.4, -0.2) is 22.3 Å². The molecule has 0 bridgehead atoms. The number of allylic oxidation sites excluding steroid dienone is 4. The van der Waals surface area contributed by atoms with Crippen LogP contribution in [0, 0.1) is 28.6 Å². The van der Waals surface area contributed by atoms with Crippen molar-refractivity contribution in [1.29, 1.82) is 0 Å². The first-order chi connectivity index (χ1) is 11.6. The summed E-state index contributed by atoms with van der Waals surface area (Å²) >= 11 is 6.65. The molecule has 0 amide bonds. The Balaban J connectivity index is 1.80. The van der Waals surface area contributed by atoms with Crippen LogP contribution in [0.5, 0.6) is 0 Å². The van der Waals surface area contributed by atoms with Crippen molar-refractivity contribution in [1.82, 2.24) is 0 Å². The highest BCUT2D eigenvalue weighted by molar-refractivity contribution is 6.32. The summed E-state index contributed by atoms with van der Waals surface area (Å²) in [5.41, 5.74) is -0.643. The number of rotatable bonds is 1. The van der Waals surface area contributed by atoms with E-state index < -0.39 is 5.60 Å². The van der Waals surface area contributed by atoms with Crippen molar-refractivity contribution in [2.24, 2.45) is 28.6 Å². The molecule has 6 atom stereocenters. The molecule has 1 unspecified atom stereocenters. The quantitative estimate of drug-likeness (QED) is 0.761. The summed E-state index contributed by atoms with van der Waals surface area (Å²) < 4.78 is 0. The topological polar surface area (TPSA) is 54.4 Å². The molecule has 0 radical (unpaired) electrons. The molecule has 0 saturated heterocycles. The SMILES string of the molecule is CC(=O)[C@@]1(O)CCC2[C@@H]3C=C(Cl)C4=CC(=O)CC[C@]4(C)[C@H]3CC[C@@]21C. The monoisotopic (exact) mass is 362 g/mol. The van der Waals surface area contributed by atoms with Crippen molar-refractivity contribution in [3.8, 4) is 0 Å². The molecule has 0 heterocycles. The first-order valence-corrected chi connectivity index (χ1v) is 9.87. The van der Waals surface area contributed by atoms with E-state index in [4.69, 9.17) is 11.6 Å². The second-order valence-corrected chi connectivity index (χ2v) is 9.57. The van der Waals surface area contributed by atoms with E-state index in [0.717, 1.165) is 31.3 Å². The number of ketones is 2. The van der Waals surface area contributed by atoms with Gasteiger partial charge >= 0.3 is 0 Å². The van der Waals surface area contributed by atoms with Crippen LogP contribution in [0.2, 0.25) is 0 Å². The Morgan fingerprint density at radius 1 is 1.20 bits per heavy atom. The van der Waals surface area contributed by atoms with Gasteiger partial charge in [0.2, 0.25) is 0 Å². The van der Waals surface area contributed by atoms with Crippen molar-refractivity contribution in [3.05, 3.63) is 22.8 Å². The molecule has 3 nitrogen and oxygen atoms in total. The number of carbonyl (C=O) groups is 2. The van der Waals surface area contributed by atoms with Crippen molar-refractivity contribution >= 4 is 23.2 Å². The maximum atomic E-state index is 12.2. The lowest BCUT2D eigenvalue weighted by Crippen LogP contribution is -2.56. The van der Waals surface area contributed by atoms with Crippen molar-refractivity contribution in [2.45, 2.75) is 64.9 Å². The molecule has 2 fully saturated rings. The van der Waals surface area contributed by atoms with Crippen LogP contribution in [0.4, 0.5) is 0 Å². The molecule has 0 aliphatic heterocycles. The number of fused-ring (bicyclic) bond motifs is 5. The Hall–Kier alpha value is -0.930. The third kappa shape index (κ3) is 2.09. The zero-order valence-electron chi connectivity index (χ0n) is 15.3. The van der Waals surface area contributed by atoms with Gasteiger partial charge < -0.3 is 5.11 Å². The van der Waals surface area contributed by atoms with Crippen molar-refractivity contribution < 1.29 is 14.7 Å². The minimum absolute atomic E-state index is 0.0668. The Bertz CT molecular complexity index is 723. The summed E-state index contributed by atoms with van der Waals surface area (Å²) in [7, 11) is 0. The number of aliphatic hydroxyl groups is 1. The van der Waals surface area contributed by atoms with E-state index in [2.05, 4.69) is 19.9 Å². The normalized spacial score (nSPS) is 48.8. The number of hydrogen-bond acceptors (Lipinski definition) is 3. The van der Waals surface area contributed by atoms with Gasteiger partial charge in [-0.15, -0.1) is 0 Å². The molecule has 2 saturated carbocycles. The maximum absolute atomic E-state index is 12.2. The third-order valence-electron chi connectivity index (χ3n) is 8.29. The van der Waals surface area contributed by atoms with Crippen LogP contribution in [0.1, 0.15) is 59.3 Å². The second kappa shape index (κ2) is 5.29. The highest BCUT2D eigenvalue weighted by atomic mass is 35.5. The molecular weight excluding hydrogens is 336 g/mol.